The second-order valence-corrected chi connectivity index (χ2v) is 8.74. The van der Waals surface area contributed by atoms with Gasteiger partial charge in [0.2, 0.25) is 11.7 Å². The number of fused-ring (bicyclic) bond motifs is 1. The minimum atomic E-state index is -0.765. The molecule has 5 rings (SSSR count). The van der Waals surface area contributed by atoms with Gasteiger partial charge in [-0.3, -0.25) is 4.79 Å². The van der Waals surface area contributed by atoms with Crippen molar-refractivity contribution in [2.75, 3.05) is 6.61 Å². The highest BCUT2D eigenvalue weighted by molar-refractivity contribution is 6.32. The third kappa shape index (κ3) is 4.02. The van der Waals surface area contributed by atoms with Gasteiger partial charge in [0.15, 0.2) is 0 Å². The van der Waals surface area contributed by atoms with Crippen LogP contribution in [0.15, 0.2) is 28.9 Å². The van der Waals surface area contributed by atoms with E-state index in [4.69, 9.17) is 26.0 Å². The summed E-state index contributed by atoms with van der Waals surface area (Å²) in [5.74, 6) is 1.16. The van der Waals surface area contributed by atoms with E-state index in [0.717, 1.165) is 29.5 Å². The molecule has 0 radical (unpaired) electrons. The van der Waals surface area contributed by atoms with Gasteiger partial charge < -0.3 is 14.4 Å². The molecule has 1 saturated carbocycles. The van der Waals surface area contributed by atoms with Crippen molar-refractivity contribution in [3.05, 3.63) is 46.1 Å². The summed E-state index contributed by atoms with van der Waals surface area (Å²) in [6.07, 6.45) is 5.89. The van der Waals surface area contributed by atoms with Gasteiger partial charge in [-0.05, 0) is 67.2 Å². The van der Waals surface area contributed by atoms with Gasteiger partial charge in [-0.15, -0.1) is 0 Å². The molecule has 0 bridgehead atoms. The number of hydrogen-bond donors (Lipinski definition) is 1. The third-order valence-corrected chi connectivity index (χ3v) is 6.38. The first kappa shape index (κ1) is 20.0. The Labute approximate surface area is 184 Å². The lowest BCUT2D eigenvalue weighted by Gasteiger charge is -2.11. The maximum Gasteiger partial charge on any atom is 0.303 e. The SMILES string of the molecule is Cc1c(-c2noc(-c3cnc(OCC4CC4)c(Cl)c3)n2)ccc2c1CCC2CC(=O)O. The van der Waals surface area contributed by atoms with Crippen LogP contribution in [0.5, 0.6) is 5.88 Å². The molecule has 2 heterocycles. The summed E-state index contributed by atoms with van der Waals surface area (Å²) in [5, 5.41) is 13.7. The highest BCUT2D eigenvalue weighted by Gasteiger charge is 2.28. The molecule has 8 heteroatoms. The minimum absolute atomic E-state index is 0.0648. The number of rotatable bonds is 7. The average molecular weight is 440 g/mol. The minimum Gasteiger partial charge on any atom is -0.481 e. The van der Waals surface area contributed by atoms with Crippen LogP contribution < -0.4 is 4.74 Å². The van der Waals surface area contributed by atoms with E-state index in [0.29, 0.717) is 40.7 Å². The monoisotopic (exact) mass is 439 g/mol. The van der Waals surface area contributed by atoms with E-state index < -0.39 is 5.97 Å². The molecule has 2 aliphatic carbocycles. The molecule has 160 valence electrons. The Morgan fingerprint density at radius 3 is 2.90 bits per heavy atom. The Morgan fingerprint density at radius 2 is 2.16 bits per heavy atom. The number of carboxylic acid groups (broad SMARTS) is 1. The lowest BCUT2D eigenvalue weighted by molar-refractivity contribution is -0.137. The molecule has 0 amide bonds. The number of benzene rings is 1. The molecule has 0 aliphatic heterocycles. The molecule has 2 aromatic heterocycles. The maximum atomic E-state index is 11.1. The van der Waals surface area contributed by atoms with E-state index in [1.165, 1.54) is 18.4 Å². The van der Waals surface area contributed by atoms with E-state index in [2.05, 4.69) is 15.1 Å². The number of carbonyl (C=O) groups is 1. The zero-order valence-corrected chi connectivity index (χ0v) is 17.9. The van der Waals surface area contributed by atoms with Crippen LogP contribution in [-0.2, 0) is 11.2 Å². The van der Waals surface area contributed by atoms with E-state index in [-0.39, 0.29) is 12.3 Å². The quantitative estimate of drug-likeness (QED) is 0.549. The summed E-state index contributed by atoms with van der Waals surface area (Å²) in [6.45, 7) is 2.67. The van der Waals surface area contributed by atoms with Crippen LogP contribution in [0.2, 0.25) is 5.02 Å². The first-order valence-electron chi connectivity index (χ1n) is 10.5. The van der Waals surface area contributed by atoms with Crippen molar-refractivity contribution in [2.45, 2.75) is 44.9 Å². The van der Waals surface area contributed by atoms with Crippen LogP contribution in [-0.4, -0.2) is 32.8 Å². The molecule has 0 saturated heterocycles. The number of aromatic nitrogens is 3. The van der Waals surface area contributed by atoms with Gasteiger partial charge in [-0.25, -0.2) is 4.98 Å². The molecule has 0 spiro atoms. The number of nitrogens with zero attached hydrogens (tertiary/aromatic N) is 3. The molecular formula is C23H22ClN3O4. The fourth-order valence-electron chi connectivity index (χ4n) is 4.21. The Morgan fingerprint density at radius 1 is 1.32 bits per heavy atom. The van der Waals surface area contributed by atoms with Crippen molar-refractivity contribution in [2.24, 2.45) is 5.92 Å². The molecule has 31 heavy (non-hydrogen) atoms. The molecule has 1 N–H and O–H groups in total. The van der Waals surface area contributed by atoms with Crippen molar-refractivity contribution in [3.8, 4) is 28.7 Å². The van der Waals surface area contributed by atoms with Crippen LogP contribution in [0.4, 0.5) is 0 Å². The van der Waals surface area contributed by atoms with E-state index in [1.54, 1.807) is 12.3 Å². The molecule has 2 aliphatic rings. The summed E-state index contributed by atoms with van der Waals surface area (Å²) < 4.78 is 11.1. The molecule has 3 aromatic rings. The zero-order valence-electron chi connectivity index (χ0n) is 17.1. The zero-order chi connectivity index (χ0) is 21.5. The summed E-state index contributed by atoms with van der Waals surface area (Å²) in [5.41, 5.74) is 4.89. The van der Waals surface area contributed by atoms with E-state index in [9.17, 15) is 4.79 Å². The van der Waals surface area contributed by atoms with Crippen LogP contribution in [0.25, 0.3) is 22.8 Å². The fraction of sp³-hybridized carbons (Fsp3) is 0.391. The normalized spacial score (nSPS) is 17.5. The van der Waals surface area contributed by atoms with Gasteiger partial charge in [-0.2, -0.15) is 4.98 Å². The van der Waals surface area contributed by atoms with Crippen molar-refractivity contribution in [3.63, 3.8) is 0 Å². The first-order chi connectivity index (χ1) is 15.0. The Kier molecular flexibility index (Phi) is 5.14. The molecular weight excluding hydrogens is 418 g/mol. The molecule has 1 atom stereocenters. The van der Waals surface area contributed by atoms with Crippen molar-refractivity contribution >= 4 is 17.6 Å². The lowest BCUT2D eigenvalue weighted by atomic mass is 9.93. The summed E-state index contributed by atoms with van der Waals surface area (Å²) in [6, 6.07) is 5.67. The smallest absolute Gasteiger partial charge is 0.303 e. The van der Waals surface area contributed by atoms with Crippen LogP contribution in [0.1, 0.15) is 48.3 Å². The van der Waals surface area contributed by atoms with Gasteiger partial charge in [0.05, 0.1) is 18.6 Å². The Balaban J connectivity index is 1.38. The molecule has 1 aromatic carbocycles. The lowest BCUT2D eigenvalue weighted by Crippen LogP contribution is -2.03. The predicted molar refractivity (Wildman–Crippen MR) is 114 cm³/mol. The van der Waals surface area contributed by atoms with Gasteiger partial charge >= 0.3 is 5.97 Å². The number of carboxylic acids is 1. The summed E-state index contributed by atoms with van der Waals surface area (Å²) in [7, 11) is 0. The Hall–Kier alpha value is -2.93. The van der Waals surface area contributed by atoms with Crippen LogP contribution in [0.3, 0.4) is 0 Å². The van der Waals surface area contributed by atoms with Gasteiger partial charge in [0.25, 0.3) is 5.89 Å². The van der Waals surface area contributed by atoms with Crippen molar-refractivity contribution in [1.29, 1.82) is 0 Å². The summed E-state index contributed by atoms with van der Waals surface area (Å²) in [4.78, 5) is 20.0. The van der Waals surface area contributed by atoms with Crippen molar-refractivity contribution in [1.82, 2.24) is 15.1 Å². The third-order valence-electron chi connectivity index (χ3n) is 6.11. The average Bonchev–Trinajstić information content (AvgIpc) is 3.28. The number of hydrogen-bond acceptors (Lipinski definition) is 6. The number of halogens is 1. The highest BCUT2D eigenvalue weighted by Crippen LogP contribution is 2.40. The largest absolute Gasteiger partial charge is 0.481 e. The molecule has 1 fully saturated rings. The van der Waals surface area contributed by atoms with Crippen molar-refractivity contribution < 1.29 is 19.2 Å². The number of pyridine rings is 1. The topological polar surface area (TPSA) is 98.3 Å². The maximum absolute atomic E-state index is 11.1. The molecule has 7 nitrogen and oxygen atoms in total. The van der Waals surface area contributed by atoms with Gasteiger partial charge in [-0.1, -0.05) is 28.9 Å². The highest BCUT2D eigenvalue weighted by atomic mass is 35.5. The standard InChI is InChI=1S/C23H22ClN3O4/c1-12-16-5-4-14(9-20(28)29)18(16)7-6-17(12)21-26-22(31-27-21)15-8-19(24)23(25-10-15)30-11-13-2-3-13/h6-8,10,13-14H,2-5,9,11H2,1H3,(H,28,29). The van der Waals surface area contributed by atoms with E-state index in [1.807, 2.05) is 19.1 Å². The first-order valence-corrected chi connectivity index (χ1v) is 10.8. The van der Waals surface area contributed by atoms with Gasteiger partial charge in [0.1, 0.15) is 5.02 Å². The number of aliphatic carboxylic acids is 1. The molecule has 1 unspecified atom stereocenters. The van der Waals surface area contributed by atoms with E-state index >= 15 is 0 Å². The summed E-state index contributed by atoms with van der Waals surface area (Å²) >= 11 is 6.33. The second kappa shape index (κ2) is 7.96. The number of ether oxygens (including phenoxy) is 1. The van der Waals surface area contributed by atoms with Crippen LogP contribution in [0, 0.1) is 12.8 Å². The van der Waals surface area contributed by atoms with Gasteiger partial charge in [0, 0.05) is 11.8 Å². The fourth-order valence-corrected chi connectivity index (χ4v) is 4.43. The predicted octanol–water partition coefficient (Wildman–Crippen LogP) is 5.05. The second-order valence-electron chi connectivity index (χ2n) is 8.33. The Bertz CT molecular complexity index is 1160. The van der Waals surface area contributed by atoms with Crippen LogP contribution >= 0.6 is 11.6 Å².